The molecule has 0 aliphatic heterocycles. The zero-order valence-electron chi connectivity index (χ0n) is 9.15. The van der Waals surface area contributed by atoms with Gasteiger partial charge in [-0.15, -0.1) is 0 Å². The zero-order chi connectivity index (χ0) is 11.4. The summed E-state index contributed by atoms with van der Waals surface area (Å²) in [5.74, 6) is 0.816. The molecule has 15 heavy (non-hydrogen) atoms. The minimum atomic E-state index is -0.927. The van der Waals surface area contributed by atoms with Crippen molar-refractivity contribution >= 4 is 6.09 Å². The molecule has 0 fully saturated rings. The van der Waals surface area contributed by atoms with Gasteiger partial charge in [-0.3, -0.25) is 0 Å². The Morgan fingerprint density at radius 2 is 2.20 bits per heavy atom. The highest BCUT2D eigenvalue weighted by Crippen LogP contribution is 2.19. The van der Waals surface area contributed by atoms with Gasteiger partial charge in [0.25, 0.3) is 0 Å². The van der Waals surface area contributed by atoms with Gasteiger partial charge in [-0.2, -0.15) is 0 Å². The summed E-state index contributed by atoms with van der Waals surface area (Å²) in [6, 6.07) is 5.64. The van der Waals surface area contributed by atoms with Crippen LogP contribution in [0.3, 0.4) is 0 Å². The van der Waals surface area contributed by atoms with E-state index >= 15 is 0 Å². The normalized spacial score (nSPS) is 9.80. The predicted molar refractivity (Wildman–Crippen MR) is 57.2 cm³/mol. The summed E-state index contributed by atoms with van der Waals surface area (Å²) in [5.41, 5.74) is 1.96. The maximum absolute atomic E-state index is 10.6. The summed E-state index contributed by atoms with van der Waals surface area (Å²) in [7, 11) is 3.16. The molecule has 0 aromatic heterocycles. The van der Waals surface area contributed by atoms with Crippen LogP contribution in [-0.2, 0) is 6.54 Å². The summed E-state index contributed by atoms with van der Waals surface area (Å²) >= 11 is 0. The standard InChI is InChI=1S/C11H15NO3/c1-8-6-9(4-5-10(8)15-3)7-12(2)11(13)14/h4-6H,7H2,1-3H3,(H,13,14). The lowest BCUT2D eigenvalue weighted by Crippen LogP contribution is -2.23. The number of hydrogen-bond donors (Lipinski definition) is 1. The third-order valence-electron chi connectivity index (χ3n) is 2.21. The fraction of sp³-hybridized carbons (Fsp3) is 0.364. The highest BCUT2D eigenvalue weighted by Gasteiger charge is 2.07. The SMILES string of the molecule is COc1ccc(CN(C)C(=O)O)cc1C. The Balaban J connectivity index is 2.79. The Labute approximate surface area is 89.1 Å². The largest absolute Gasteiger partial charge is 0.496 e. The lowest BCUT2D eigenvalue weighted by atomic mass is 10.1. The Morgan fingerprint density at radius 3 is 2.67 bits per heavy atom. The van der Waals surface area contributed by atoms with E-state index < -0.39 is 6.09 Å². The third kappa shape index (κ3) is 2.87. The van der Waals surface area contributed by atoms with Crippen molar-refractivity contribution in [2.75, 3.05) is 14.2 Å². The monoisotopic (exact) mass is 209 g/mol. The van der Waals surface area contributed by atoms with Crippen molar-refractivity contribution in [3.8, 4) is 5.75 Å². The van der Waals surface area contributed by atoms with Crippen LogP contribution in [0.4, 0.5) is 4.79 Å². The van der Waals surface area contributed by atoms with E-state index in [1.807, 2.05) is 25.1 Å². The Bertz CT molecular complexity index is 363. The number of hydrogen-bond acceptors (Lipinski definition) is 2. The van der Waals surface area contributed by atoms with E-state index in [4.69, 9.17) is 9.84 Å². The van der Waals surface area contributed by atoms with Gasteiger partial charge < -0.3 is 14.7 Å². The van der Waals surface area contributed by atoms with Crippen LogP contribution in [0.1, 0.15) is 11.1 Å². The van der Waals surface area contributed by atoms with Crippen LogP contribution in [0.2, 0.25) is 0 Å². The summed E-state index contributed by atoms with van der Waals surface area (Å²) < 4.78 is 5.12. The van der Waals surface area contributed by atoms with E-state index in [0.717, 1.165) is 16.9 Å². The van der Waals surface area contributed by atoms with Gasteiger partial charge in [0.2, 0.25) is 0 Å². The highest BCUT2D eigenvalue weighted by molar-refractivity contribution is 5.64. The van der Waals surface area contributed by atoms with Crippen LogP contribution < -0.4 is 4.74 Å². The topological polar surface area (TPSA) is 49.8 Å². The average molecular weight is 209 g/mol. The van der Waals surface area contributed by atoms with Crippen molar-refractivity contribution in [1.29, 1.82) is 0 Å². The quantitative estimate of drug-likeness (QED) is 0.829. The molecule has 4 nitrogen and oxygen atoms in total. The third-order valence-corrected chi connectivity index (χ3v) is 2.21. The van der Waals surface area contributed by atoms with Crippen molar-refractivity contribution in [3.63, 3.8) is 0 Å². The molecule has 0 aliphatic carbocycles. The number of carboxylic acid groups (broad SMARTS) is 1. The molecule has 4 heteroatoms. The second-order valence-electron chi connectivity index (χ2n) is 3.44. The molecule has 0 saturated carbocycles. The van der Waals surface area contributed by atoms with Crippen LogP contribution >= 0.6 is 0 Å². The van der Waals surface area contributed by atoms with Gasteiger partial charge in [-0.25, -0.2) is 4.79 Å². The highest BCUT2D eigenvalue weighted by atomic mass is 16.5. The van der Waals surface area contributed by atoms with Crippen molar-refractivity contribution in [2.45, 2.75) is 13.5 Å². The first-order valence-electron chi connectivity index (χ1n) is 4.62. The molecule has 1 rings (SSSR count). The molecule has 0 atom stereocenters. The van der Waals surface area contributed by atoms with Crippen LogP contribution in [0, 0.1) is 6.92 Å². The number of nitrogens with zero attached hydrogens (tertiary/aromatic N) is 1. The number of benzene rings is 1. The summed E-state index contributed by atoms with van der Waals surface area (Å²) in [4.78, 5) is 11.9. The van der Waals surface area contributed by atoms with Gasteiger partial charge in [0.1, 0.15) is 5.75 Å². The molecule has 1 N–H and O–H groups in total. The van der Waals surface area contributed by atoms with Gasteiger partial charge >= 0.3 is 6.09 Å². The number of amides is 1. The molecular weight excluding hydrogens is 194 g/mol. The molecule has 82 valence electrons. The molecule has 0 spiro atoms. The molecule has 0 heterocycles. The number of ether oxygens (including phenoxy) is 1. The molecule has 0 aliphatic rings. The van der Waals surface area contributed by atoms with Crippen molar-refractivity contribution < 1.29 is 14.6 Å². The second-order valence-corrected chi connectivity index (χ2v) is 3.44. The minimum Gasteiger partial charge on any atom is -0.496 e. The van der Waals surface area contributed by atoms with Crippen molar-refractivity contribution in [2.24, 2.45) is 0 Å². The van der Waals surface area contributed by atoms with E-state index in [-0.39, 0.29) is 0 Å². The van der Waals surface area contributed by atoms with Crippen molar-refractivity contribution in [3.05, 3.63) is 29.3 Å². The van der Waals surface area contributed by atoms with E-state index in [9.17, 15) is 4.79 Å². The molecule has 0 bridgehead atoms. The first-order valence-corrected chi connectivity index (χ1v) is 4.62. The van der Waals surface area contributed by atoms with Crippen LogP contribution in [0.25, 0.3) is 0 Å². The summed E-state index contributed by atoms with van der Waals surface area (Å²) in [6.45, 7) is 2.32. The van der Waals surface area contributed by atoms with Gasteiger partial charge in [0, 0.05) is 13.6 Å². The van der Waals surface area contributed by atoms with Crippen LogP contribution in [-0.4, -0.2) is 30.3 Å². The van der Waals surface area contributed by atoms with Crippen LogP contribution in [0.15, 0.2) is 18.2 Å². The van der Waals surface area contributed by atoms with E-state index in [1.165, 1.54) is 4.90 Å². The number of rotatable bonds is 3. The van der Waals surface area contributed by atoms with E-state index in [1.54, 1.807) is 14.2 Å². The summed E-state index contributed by atoms with van der Waals surface area (Å²) in [5, 5.41) is 8.71. The maximum Gasteiger partial charge on any atom is 0.407 e. The summed E-state index contributed by atoms with van der Waals surface area (Å²) in [6.07, 6.45) is -0.927. The van der Waals surface area contributed by atoms with Gasteiger partial charge in [-0.1, -0.05) is 12.1 Å². The first kappa shape index (κ1) is 11.4. The number of carbonyl (C=O) groups is 1. The van der Waals surface area contributed by atoms with Gasteiger partial charge in [-0.05, 0) is 24.1 Å². The molecule has 1 aromatic carbocycles. The first-order chi connectivity index (χ1) is 7.04. The fourth-order valence-corrected chi connectivity index (χ4v) is 1.38. The molecule has 0 saturated heterocycles. The van der Waals surface area contributed by atoms with Gasteiger partial charge in [0.15, 0.2) is 0 Å². The Morgan fingerprint density at radius 1 is 1.53 bits per heavy atom. The lowest BCUT2D eigenvalue weighted by Gasteiger charge is -2.14. The molecule has 1 aromatic rings. The zero-order valence-corrected chi connectivity index (χ0v) is 9.15. The van der Waals surface area contributed by atoms with Crippen LogP contribution in [0.5, 0.6) is 5.75 Å². The van der Waals surface area contributed by atoms with Crippen molar-refractivity contribution in [1.82, 2.24) is 4.90 Å². The smallest absolute Gasteiger partial charge is 0.407 e. The molecule has 0 unspecified atom stereocenters. The second kappa shape index (κ2) is 4.68. The fourth-order valence-electron chi connectivity index (χ4n) is 1.38. The lowest BCUT2D eigenvalue weighted by molar-refractivity contribution is 0.153. The Kier molecular flexibility index (Phi) is 3.55. The number of methoxy groups -OCH3 is 1. The maximum atomic E-state index is 10.6. The molecular formula is C11H15NO3. The molecule has 0 radical (unpaired) electrons. The van der Waals surface area contributed by atoms with E-state index in [0.29, 0.717) is 6.54 Å². The van der Waals surface area contributed by atoms with Gasteiger partial charge in [0.05, 0.1) is 7.11 Å². The predicted octanol–water partition coefficient (Wildman–Crippen LogP) is 2.11. The minimum absolute atomic E-state index is 0.389. The average Bonchev–Trinajstić information content (AvgIpc) is 2.18. The van der Waals surface area contributed by atoms with E-state index in [2.05, 4.69) is 0 Å². The number of aryl methyl sites for hydroxylation is 1. The molecule has 1 amide bonds. The Hall–Kier alpha value is -1.71.